The van der Waals surface area contributed by atoms with Gasteiger partial charge in [-0.25, -0.2) is 9.69 Å². The smallest absolute Gasteiger partial charge is 0.312 e. The van der Waals surface area contributed by atoms with Crippen LogP contribution in [0.15, 0.2) is 108 Å². The van der Waals surface area contributed by atoms with Crippen molar-refractivity contribution in [3.05, 3.63) is 131 Å². The minimum atomic E-state index is -0.628. The number of hydrogen-bond acceptors (Lipinski definition) is 6. The van der Waals surface area contributed by atoms with Crippen LogP contribution in [0, 0.1) is 0 Å². The largest absolute Gasteiger partial charge is 0.369 e. The Morgan fingerprint density at radius 3 is 1.74 bits per heavy atom. The summed E-state index contributed by atoms with van der Waals surface area (Å²) in [6.45, 7) is 0.606. The monoisotopic (exact) mass is 619 g/mol. The van der Waals surface area contributed by atoms with Crippen molar-refractivity contribution in [2.75, 3.05) is 16.8 Å². The number of nitrogens with one attached hydrogen (secondary N) is 2. The maximum Gasteiger partial charge on any atom is 0.312 e. The van der Waals surface area contributed by atoms with Gasteiger partial charge in [0.05, 0.1) is 24.9 Å². The van der Waals surface area contributed by atoms with Gasteiger partial charge in [0.2, 0.25) is 17.7 Å². The van der Waals surface area contributed by atoms with Gasteiger partial charge in [0.1, 0.15) is 6.34 Å². The van der Waals surface area contributed by atoms with Crippen molar-refractivity contribution in [1.82, 2.24) is 10.7 Å². The van der Waals surface area contributed by atoms with E-state index in [1.165, 1.54) is 0 Å². The molecule has 11 heteroatoms. The number of anilines is 2. The molecule has 4 rings (SSSR count). The van der Waals surface area contributed by atoms with Crippen LogP contribution in [-0.4, -0.2) is 37.1 Å². The molecule has 0 spiro atoms. The van der Waals surface area contributed by atoms with E-state index in [9.17, 15) is 19.2 Å². The predicted molar refractivity (Wildman–Crippen MR) is 179 cm³/mol. The van der Waals surface area contributed by atoms with Crippen LogP contribution >= 0.6 is 0 Å². The van der Waals surface area contributed by atoms with Crippen LogP contribution in [0.4, 0.5) is 16.2 Å². The standard InChI is InChI=1S/C35H37N7O4/c1-38-40-24-41(23-28-17-15-27(16-18-28)22-39-35(37)46)30-13-8-14-31(29(30)21-32(36)43)42(33(44)19-25-9-4-2-5-10-25)34(45)20-26-11-6-3-7-12-26/h2-18,24,38H,19-23H2,1H3,(H2,36,43)(H3,37,39,46)/b40-24+. The van der Waals surface area contributed by atoms with Crippen molar-refractivity contribution in [3.8, 4) is 0 Å². The molecular weight excluding hydrogens is 582 g/mol. The number of amides is 5. The van der Waals surface area contributed by atoms with E-state index >= 15 is 0 Å². The number of nitrogens with zero attached hydrogens (tertiary/aromatic N) is 3. The molecule has 0 aliphatic carbocycles. The molecule has 4 aromatic carbocycles. The van der Waals surface area contributed by atoms with E-state index in [-0.39, 0.29) is 31.5 Å². The Morgan fingerprint density at radius 1 is 0.674 bits per heavy atom. The molecule has 0 aliphatic rings. The van der Waals surface area contributed by atoms with Gasteiger partial charge in [0, 0.05) is 31.4 Å². The fraction of sp³-hybridized carbons (Fsp3) is 0.171. The minimum absolute atomic E-state index is 0.0243. The van der Waals surface area contributed by atoms with Crippen LogP contribution in [-0.2, 0) is 46.7 Å². The van der Waals surface area contributed by atoms with Crippen molar-refractivity contribution in [3.63, 3.8) is 0 Å². The Balaban J connectivity index is 1.77. The predicted octanol–water partition coefficient (Wildman–Crippen LogP) is 3.40. The number of carbonyl (C=O) groups is 4. The Labute approximate surface area is 267 Å². The third-order valence-corrected chi connectivity index (χ3v) is 7.09. The number of carbonyl (C=O) groups excluding carboxylic acids is 4. The molecule has 236 valence electrons. The van der Waals surface area contributed by atoms with E-state index in [4.69, 9.17) is 11.5 Å². The second kappa shape index (κ2) is 16.2. The van der Waals surface area contributed by atoms with E-state index in [1.807, 2.05) is 84.9 Å². The van der Waals surface area contributed by atoms with Gasteiger partial charge >= 0.3 is 6.03 Å². The second-order valence-corrected chi connectivity index (χ2v) is 10.5. The lowest BCUT2D eigenvalue weighted by molar-refractivity contribution is -0.126. The summed E-state index contributed by atoms with van der Waals surface area (Å²) in [5.41, 5.74) is 18.1. The lowest BCUT2D eigenvalue weighted by Crippen LogP contribution is -2.40. The topological polar surface area (TPSA) is 163 Å². The first-order valence-corrected chi connectivity index (χ1v) is 14.7. The molecule has 0 atom stereocenters. The quantitative estimate of drug-likeness (QED) is 0.0961. The van der Waals surface area contributed by atoms with Gasteiger partial charge in [-0.05, 0) is 34.4 Å². The van der Waals surface area contributed by atoms with Crippen molar-refractivity contribution >= 4 is 41.5 Å². The third-order valence-electron chi connectivity index (χ3n) is 7.09. The summed E-state index contributed by atoms with van der Waals surface area (Å²) in [5.74, 6) is -1.51. The van der Waals surface area contributed by atoms with Crippen LogP contribution in [0.2, 0.25) is 0 Å². The summed E-state index contributed by atoms with van der Waals surface area (Å²) in [4.78, 5) is 54.5. The van der Waals surface area contributed by atoms with Gasteiger partial charge in [-0.3, -0.25) is 14.4 Å². The van der Waals surface area contributed by atoms with Gasteiger partial charge in [-0.1, -0.05) is 91.0 Å². The van der Waals surface area contributed by atoms with E-state index in [2.05, 4.69) is 15.8 Å². The maximum atomic E-state index is 14.0. The summed E-state index contributed by atoms with van der Waals surface area (Å²) in [5, 5.41) is 6.78. The molecular formula is C35H37N7O4. The van der Waals surface area contributed by atoms with E-state index in [0.717, 1.165) is 27.2 Å². The summed E-state index contributed by atoms with van der Waals surface area (Å²) in [6.07, 6.45) is 1.28. The van der Waals surface area contributed by atoms with Gasteiger partial charge in [-0.2, -0.15) is 5.10 Å². The van der Waals surface area contributed by atoms with Crippen LogP contribution in [0.25, 0.3) is 0 Å². The molecule has 0 saturated carbocycles. The third kappa shape index (κ3) is 9.26. The molecule has 0 unspecified atom stereocenters. The van der Waals surface area contributed by atoms with E-state index in [0.29, 0.717) is 17.8 Å². The highest BCUT2D eigenvalue weighted by molar-refractivity contribution is 6.17. The molecule has 0 heterocycles. The zero-order valence-corrected chi connectivity index (χ0v) is 25.6. The molecule has 0 saturated heterocycles. The van der Waals surface area contributed by atoms with E-state index in [1.54, 1.807) is 36.5 Å². The zero-order valence-electron chi connectivity index (χ0n) is 25.6. The molecule has 11 nitrogen and oxygen atoms in total. The fourth-order valence-corrected chi connectivity index (χ4v) is 4.97. The van der Waals surface area contributed by atoms with Crippen molar-refractivity contribution in [2.24, 2.45) is 16.6 Å². The summed E-state index contributed by atoms with van der Waals surface area (Å²) < 4.78 is 0. The SMILES string of the molecule is CN/N=C/N(Cc1ccc(CNC(N)=O)cc1)c1cccc(N(C(=O)Cc2ccccc2)C(=O)Cc2ccccc2)c1CC(N)=O. The summed E-state index contributed by atoms with van der Waals surface area (Å²) in [6, 6.07) is 30.4. The number of nitrogens with two attached hydrogens (primary N) is 2. The average Bonchev–Trinajstić information content (AvgIpc) is 3.04. The highest BCUT2D eigenvalue weighted by Gasteiger charge is 2.28. The van der Waals surface area contributed by atoms with Gasteiger partial charge in [0.15, 0.2) is 0 Å². The number of benzene rings is 4. The minimum Gasteiger partial charge on any atom is -0.369 e. The molecule has 0 radical (unpaired) electrons. The molecule has 5 amide bonds. The highest BCUT2D eigenvalue weighted by atomic mass is 16.2. The van der Waals surface area contributed by atoms with Gasteiger partial charge < -0.3 is 27.1 Å². The zero-order chi connectivity index (χ0) is 32.9. The Morgan fingerprint density at radius 2 is 1.22 bits per heavy atom. The highest BCUT2D eigenvalue weighted by Crippen LogP contribution is 2.33. The first kappa shape index (κ1) is 32.9. The van der Waals surface area contributed by atoms with Crippen molar-refractivity contribution < 1.29 is 19.2 Å². The normalized spacial score (nSPS) is 10.7. The lowest BCUT2D eigenvalue weighted by Gasteiger charge is -2.28. The number of primary amides is 2. The fourth-order valence-electron chi connectivity index (χ4n) is 4.97. The number of hydrazone groups is 1. The van der Waals surface area contributed by atoms with E-state index < -0.39 is 23.8 Å². The molecule has 0 fully saturated rings. The van der Waals surface area contributed by atoms with Gasteiger partial charge in [0.25, 0.3) is 0 Å². The first-order chi connectivity index (χ1) is 22.2. The van der Waals surface area contributed by atoms with Gasteiger partial charge in [-0.15, -0.1) is 0 Å². The average molecular weight is 620 g/mol. The molecule has 0 aliphatic heterocycles. The van der Waals surface area contributed by atoms with Crippen LogP contribution in [0.1, 0.15) is 27.8 Å². The maximum absolute atomic E-state index is 14.0. The number of imide groups is 1. The molecule has 4 aromatic rings. The number of hydrogen-bond donors (Lipinski definition) is 4. The molecule has 6 N–H and O–H groups in total. The molecule has 0 bridgehead atoms. The summed E-state index contributed by atoms with van der Waals surface area (Å²) in [7, 11) is 1.65. The lowest BCUT2D eigenvalue weighted by atomic mass is 10.0. The Kier molecular flexibility index (Phi) is 11.6. The molecule has 0 aromatic heterocycles. The Bertz CT molecular complexity index is 1620. The van der Waals surface area contributed by atoms with Crippen LogP contribution in [0.3, 0.4) is 0 Å². The summed E-state index contributed by atoms with van der Waals surface area (Å²) >= 11 is 0. The Hall–Kier alpha value is -5.97. The molecule has 46 heavy (non-hydrogen) atoms. The van der Waals surface area contributed by atoms with Crippen molar-refractivity contribution in [2.45, 2.75) is 32.4 Å². The first-order valence-electron chi connectivity index (χ1n) is 14.7. The number of rotatable bonds is 14. The van der Waals surface area contributed by atoms with Crippen molar-refractivity contribution in [1.29, 1.82) is 0 Å². The number of urea groups is 1. The van der Waals surface area contributed by atoms with Crippen LogP contribution < -0.4 is 32.0 Å². The van der Waals surface area contributed by atoms with Crippen LogP contribution in [0.5, 0.6) is 0 Å². The second-order valence-electron chi connectivity index (χ2n) is 10.5.